The first-order chi connectivity index (χ1) is 8.74. The van der Waals surface area contributed by atoms with Gasteiger partial charge in [0.2, 0.25) is 5.91 Å². The van der Waals surface area contributed by atoms with Crippen LogP contribution in [-0.4, -0.2) is 27.5 Å². The van der Waals surface area contributed by atoms with E-state index in [0.29, 0.717) is 11.6 Å². The fourth-order valence-corrected chi connectivity index (χ4v) is 1.49. The lowest BCUT2D eigenvalue weighted by Gasteiger charge is -2.24. The van der Waals surface area contributed by atoms with Crippen LogP contribution in [0.3, 0.4) is 0 Å². The van der Waals surface area contributed by atoms with Gasteiger partial charge in [-0.15, -0.1) is 0 Å². The third-order valence-corrected chi connectivity index (χ3v) is 2.47. The monoisotopic (exact) mass is 266 g/mol. The molecule has 0 saturated heterocycles. The molecule has 5 N–H and O–H groups in total. The number of amides is 1. The molecule has 0 aliphatic carbocycles. The highest BCUT2D eigenvalue weighted by Gasteiger charge is 2.20. The van der Waals surface area contributed by atoms with E-state index in [9.17, 15) is 4.79 Å². The van der Waals surface area contributed by atoms with E-state index in [0.717, 1.165) is 5.56 Å². The Balaban J connectivity index is 2.77. The van der Waals surface area contributed by atoms with Gasteiger partial charge in [-0.05, 0) is 34.6 Å². The van der Waals surface area contributed by atoms with Crippen molar-refractivity contribution >= 4 is 17.5 Å². The molecule has 19 heavy (non-hydrogen) atoms. The average molecular weight is 266 g/mol. The smallest absolute Gasteiger partial charge is 0.242 e. The highest BCUT2D eigenvalue weighted by Crippen LogP contribution is 2.17. The van der Waals surface area contributed by atoms with Crippen LogP contribution in [0.5, 0.6) is 0 Å². The summed E-state index contributed by atoms with van der Waals surface area (Å²) in [6.07, 6.45) is 1.39. The summed E-state index contributed by atoms with van der Waals surface area (Å²) in [5, 5.41) is 5.95. The molecular formula is C12H22N6O. The van der Waals surface area contributed by atoms with Crippen LogP contribution in [0.4, 0.5) is 11.6 Å². The first-order valence-electron chi connectivity index (χ1n) is 6.11. The van der Waals surface area contributed by atoms with E-state index < -0.39 is 6.04 Å². The number of carbonyl (C=O) groups is 1. The van der Waals surface area contributed by atoms with Crippen molar-refractivity contribution in [2.24, 2.45) is 5.84 Å². The fraction of sp³-hybridized carbons (Fsp3) is 0.583. The van der Waals surface area contributed by atoms with Gasteiger partial charge < -0.3 is 16.1 Å². The standard InChI is InChI=1S/C12H22N6O/c1-7-9(14-6-15-10(7)18-13)16-8(2)11(19)17-12(3,4)5/h6,8H,13H2,1-5H3,(H,17,19)(H2,14,15,16,18). The Morgan fingerprint density at radius 3 is 2.42 bits per heavy atom. The Kier molecular flexibility index (Phi) is 4.66. The number of nitrogens with one attached hydrogen (secondary N) is 3. The van der Waals surface area contributed by atoms with Crippen molar-refractivity contribution in [3.63, 3.8) is 0 Å². The molecule has 7 heteroatoms. The van der Waals surface area contributed by atoms with E-state index in [4.69, 9.17) is 5.84 Å². The predicted molar refractivity (Wildman–Crippen MR) is 75.6 cm³/mol. The largest absolute Gasteiger partial charge is 0.358 e. The molecule has 0 saturated carbocycles. The Labute approximate surface area is 113 Å². The highest BCUT2D eigenvalue weighted by atomic mass is 16.2. The summed E-state index contributed by atoms with van der Waals surface area (Å²) < 4.78 is 0. The van der Waals surface area contributed by atoms with Gasteiger partial charge in [0.25, 0.3) is 0 Å². The Hall–Kier alpha value is -1.89. The number of nitrogen functional groups attached to an aromatic ring is 1. The molecule has 1 heterocycles. The van der Waals surface area contributed by atoms with Crippen LogP contribution >= 0.6 is 0 Å². The lowest BCUT2D eigenvalue weighted by molar-refractivity contribution is -0.122. The molecule has 1 aromatic rings. The SMILES string of the molecule is Cc1c(NN)ncnc1NC(C)C(=O)NC(C)(C)C. The third kappa shape index (κ3) is 4.36. The number of anilines is 2. The van der Waals surface area contributed by atoms with Crippen molar-refractivity contribution in [2.75, 3.05) is 10.7 Å². The molecule has 0 bridgehead atoms. The van der Waals surface area contributed by atoms with Gasteiger partial charge in [0.15, 0.2) is 0 Å². The molecule has 0 aliphatic heterocycles. The summed E-state index contributed by atoms with van der Waals surface area (Å²) in [5.74, 6) is 6.37. The van der Waals surface area contributed by atoms with Crippen LogP contribution in [0, 0.1) is 6.92 Å². The number of hydrazine groups is 1. The first-order valence-corrected chi connectivity index (χ1v) is 6.11. The molecule has 1 unspecified atom stereocenters. The molecule has 0 aromatic carbocycles. The van der Waals surface area contributed by atoms with Gasteiger partial charge in [-0.3, -0.25) is 4.79 Å². The van der Waals surface area contributed by atoms with Crippen LogP contribution in [0.25, 0.3) is 0 Å². The normalized spacial score (nSPS) is 12.7. The second-order valence-electron chi connectivity index (χ2n) is 5.45. The number of nitrogens with two attached hydrogens (primary N) is 1. The van der Waals surface area contributed by atoms with Crippen LogP contribution in [-0.2, 0) is 4.79 Å². The molecule has 0 radical (unpaired) electrons. The maximum atomic E-state index is 12.0. The molecular weight excluding hydrogens is 244 g/mol. The molecule has 1 amide bonds. The van der Waals surface area contributed by atoms with Crippen molar-refractivity contribution in [2.45, 2.75) is 46.2 Å². The van der Waals surface area contributed by atoms with Crippen LogP contribution < -0.4 is 21.9 Å². The molecule has 0 aliphatic rings. The summed E-state index contributed by atoms with van der Waals surface area (Å²) in [4.78, 5) is 20.1. The molecule has 1 atom stereocenters. The molecule has 106 valence electrons. The molecule has 1 aromatic heterocycles. The Bertz CT molecular complexity index is 454. The van der Waals surface area contributed by atoms with E-state index in [1.165, 1.54) is 6.33 Å². The molecule has 0 spiro atoms. The van der Waals surface area contributed by atoms with E-state index in [1.54, 1.807) is 6.92 Å². The predicted octanol–water partition coefficient (Wildman–Crippen LogP) is 0.786. The van der Waals surface area contributed by atoms with Crippen LogP contribution in [0.2, 0.25) is 0 Å². The lowest BCUT2D eigenvalue weighted by atomic mass is 10.1. The van der Waals surface area contributed by atoms with Crippen molar-refractivity contribution in [1.29, 1.82) is 0 Å². The summed E-state index contributed by atoms with van der Waals surface area (Å²) in [6.45, 7) is 9.40. The molecule has 7 nitrogen and oxygen atoms in total. The highest BCUT2D eigenvalue weighted by molar-refractivity contribution is 5.84. The third-order valence-electron chi connectivity index (χ3n) is 2.47. The quantitative estimate of drug-likeness (QED) is 0.474. The number of carbonyl (C=O) groups excluding carboxylic acids is 1. The van der Waals surface area contributed by atoms with Crippen LogP contribution in [0.15, 0.2) is 6.33 Å². The zero-order valence-electron chi connectivity index (χ0n) is 12.0. The summed E-state index contributed by atoms with van der Waals surface area (Å²) in [6, 6.07) is -0.404. The average Bonchev–Trinajstić information content (AvgIpc) is 2.29. The second-order valence-corrected chi connectivity index (χ2v) is 5.45. The zero-order valence-corrected chi connectivity index (χ0v) is 12.0. The van der Waals surface area contributed by atoms with E-state index >= 15 is 0 Å². The van der Waals surface area contributed by atoms with Gasteiger partial charge >= 0.3 is 0 Å². The number of nitrogens with zero attached hydrogens (tertiary/aromatic N) is 2. The van der Waals surface area contributed by atoms with Crippen LogP contribution in [0.1, 0.15) is 33.3 Å². The second kappa shape index (κ2) is 5.83. The summed E-state index contributed by atoms with van der Waals surface area (Å²) >= 11 is 0. The van der Waals surface area contributed by atoms with Gasteiger partial charge in [-0.2, -0.15) is 0 Å². The van der Waals surface area contributed by atoms with Gasteiger partial charge in [-0.25, -0.2) is 15.8 Å². The maximum Gasteiger partial charge on any atom is 0.242 e. The van der Waals surface area contributed by atoms with Crippen molar-refractivity contribution in [3.8, 4) is 0 Å². The Morgan fingerprint density at radius 2 is 1.89 bits per heavy atom. The first kappa shape index (κ1) is 15.2. The van der Waals surface area contributed by atoms with E-state index in [1.807, 2.05) is 27.7 Å². The minimum Gasteiger partial charge on any atom is -0.358 e. The minimum absolute atomic E-state index is 0.0900. The summed E-state index contributed by atoms with van der Waals surface area (Å²) in [7, 11) is 0. The maximum absolute atomic E-state index is 12.0. The van der Waals surface area contributed by atoms with Gasteiger partial charge in [-0.1, -0.05) is 0 Å². The van der Waals surface area contributed by atoms with Gasteiger partial charge in [0.05, 0.1) is 0 Å². The zero-order chi connectivity index (χ0) is 14.6. The van der Waals surface area contributed by atoms with Gasteiger partial charge in [0.1, 0.15) is 24.0 Å². The minimum atomic E-state index is -0.404. The van der Waals surface area contributed by atoms with Crippen molar-refractivity contribution < 1.29 is 4.79 Å². The number of rotatable bonds is 4. The van der Waals surface area contributed by atoms with Crippen molar-refractivity contribution in [3.05, 3.63) is 11.9 Å². The van der Waals surface area contributed by atoms with Gasteiger partial charge in [0, 0.05) is 11.1 Å². The Morgan fingerprint density at radius 1 is 1.32 bits per heavy atom. The molecule has 0 fully saturated rings. The number of aromatic nitrogens is 2. The molecule has 1 rings (SSSR count). The fourth-order valence-electron chi connectivity index (χ4n) is 1.49. The topological polar surface area (TPSA) is 105 Å². The summed E-state index contributed by atoms with van der Waals surface area (Å²) in [5.41, 5.74) is 2.98. The number of hydrogen-bond acceptors (Lipinski definition) is 6. The number of hydrogen-bond donors (Lipinski definition) is 4. The van der Waals surface area contributed by atoms with Crippen molar-refractivity contribution in [1.82, 2.24) is 15.3 Å². The van der Waals surface area contributed by atoms with E-state index in [2.05, 4.69) is 26.0 Å². The lowest BCUT2D eigenvalue weighted by Crippen LogP contribution is -2.47. The van der Waals surface area contributed by atoms with E-state index in [-0.39, 0.29) is 11.4 Å².